The van der Waals surface area contributed by atoms with Gasteiger partial charge < -0.3 is 10.5 Å². The molecule has 0 aliphatic rings. The van der Waals surface area contributed by atoms with Gasteiger partial charge in [-0.2, -0.15) is 0 Å². The van der Waals surface area contributed by atoms with Crippen molar-refractivity contribution in [3.63, 3.8) is 0 Å². The van der Waals surface area contributed by atoms with Crippen LogP contribution >= 0.6 is 0 Å². The van der Waals surface area contributed by atoms with E-state index in [2.05, 4.69) is 0 Å². The Morgan fingerprint density at radius 3 is 2.35 bits per heavy atom. The molecule has 0 spiro atoms. The van der Waals surface area contributed by atoms with Crippen LogP contribution in [0, 0.1) is 0 Å². The molecule has 0 aromatic heterocycles. The number of hydrogen-bond donors (Lipinski definition) is 1. The molecule has 0 radical (unpaired) electrons. The van der Waals surface area contributed by atoms with Crippen molar-refractivity contribution in [3.05, 3.63) is 65.7 Å². The van der Waals surface area contributed by atoms with Crippen molar-refractivity contribution in [2.75, 3.05) is 12.9 Å². The molecule has 20 heavy (non-hydrogen) atoms. The summed E-state index contributed by atoms with van der Waals surface area (Å²) in [5, 5.41) is 0. The zero-order valence-electron chi connectivity index (χ0n) is 11.5. The van der Waals surface area contributed by atoms with Gasteiger partial charge in [-0.3, -0.25) is 4.21 Å². The number of ether oxygens (including phenoxy) is 1. The molecule has 0 saturated carbocycles. The van der Waals surface area contributed by atoms with E-state index in [1.54, 1.807) is 7.11 Å². The Balaban J connectivity index is 1.93. The van der Waals surface area contributed by atoms with Gasteiger partial charge in [-0.1, -0.05) is 42.5 Å². The number of nitrogens with two attached hydrogens (primary N) is 1. The standard InChI is InChI=1S/C16H19NO2S/c1-19-15-9-7-14(8-10-15)16(17)12-20(18)11-13-5-3-2-4-6-13/h2-10,16H,11-12,17H2,1H3. The quantitative estimate of drug-likeness (QED) is 0.889. The number of benzene rings is 2. The Morgan fingerprint density at radius 1 is 1.10 bits per heavy atom. The minimum absolute atomic E-state index is 0.217. The lowest BCUT2D eigenvalue weighted by molar-refractivity contribution is 0.414. The molecule has 2 atom stereocenters. The lowest BCUT2D eigenvalue weighted by Gasteiger charge is -2.12. The first kappa shape index (κ1) is 14.8. The molecule has 2 aromatic rings. The van der Waals surface area contributed by atoms with E-state index in [4.69, 9.17) is 10.5 Å². The van der Waals surface area contributed by atoms with Gasteiger partial charge in [0.05, 0.1) is 7.11 Å². The van der Waals surface area contributed by atoms with Gasteiger partial charge in [0.1, 0.15) is 5.75 Å². The molecular formula is C16H19NO2S. The molecule has 0 amide bonds. The molecule has 2 aromatic carbocycles. The van der Waals surface area contributed by atoms with E-state index < -0.39 is 10.8 Å². The minimum atomic E-state index is -0.965. The summed E-state index contributed by atoms with van der Waals surface area (Å²) in [5.74, 6) is 1.80. The zero-order chi connectivity index (χ0) is 14.4. The molecule has 2 N–H and O–H groups in total. The molecular weight excluding hydrogens is 270 g/mol. The molecule has 0 aliphatic carbocycles. The zero-order valence-corrected chi connectivity index (χ0v) is 12.3. The fraction of sp³-hybridized carbons (Fsp3) is 0.250. The van der Waals surface area contributed by atoms with Crippen LogP contribution in [0.25, 0.3) is 0 Å². The summed E-state index contributed by atoms with van der Waals surface area (Å²) in [5.41, 5.74) is 8.16. The van der Waals surface area contributed by atoms with Crippen LogP contribution in [0.3, 0.4) is 0 Å². The topological polar surface area (TPSA) is 52.3 Å². The van der Waals surface area contributed by atoms with Crippen molar-refractivity contribution in [1.29, 1.82) is 0 Å². The van der Waals surface area contributed by atoms with Crippen LogP contribution in [0.15, 0.2) is 54.6 Å². The monoisotopic (exact) mass is 289 g/mol. The normalized spacial score (nSPS) is 13.7. The van der Waals surface area contributed by atoms with E-state index in [-0.39, 0.29) is 6.04 Å². The Hall–Kier alpha value is -1.65. The van der Waals surface area contributed by atoms with Crippen molar-refractivity contribution in [2.24, 2.45) is 5.73 Å². The van der Waals surface area contributed by atoms with Crippen LogP contribution in [0.4, 0.5) is 0 Å². The number of hydrogen-bond acceptors (Lipinski definition) is 3. The van der Waals surface area contributed by atoms with E-state index >= 15 is 0 Å². The lowest BCUT2D eigenvalue weighted by Crippen LogP contribution is -2.19. The highest BCUT2D eigenvalue weighted by atomic mass is 32.2. The second-order valence-electron chi connectivity index (χ2n) is 4.62. The molecule has 106 valence electrons. The van der Waals surface area contributed by atoms with Gasteiger partial charge in [0.2, 0.25) is 0 Å². The van der Waals surface area contributed by atoms with Crippen molar-refractivity contribution >= 4 is 10.8 Å². The second-order valence-corrected chi connectivity index (χ2v) is 6.12. The van der Waals surface area contributed by atoms with E-state index in [0.29, 0.717) is 11.5 Å². The maximum Gasteiger partial charge on any atom is 0.118 e. The van der Waals surface area contributed by atoms with E-state index in [0.717, 1.165) is 16.9 Å². The van der Waals surface area contributed by atoms with Crippen LogP contribution in [0.5, 0.6) is 5.75 Å². The van der Waals surface area contributed by atoms with Gasteiger partial charge in [-0.25, -0.2) is 0 Å². The summed E-state index contributed by atoms with van der Waals surface area (Å²) in [7, 11) is 0.664. The van der Waals surface area contributed by atoms with Crippen LogP contribution in [0.2, 0.25) is 0 Å². The lowest BCUT2D eigenvalue weighted by atomic mass is 10.1. The SMILES string of the molecule is COc1ccc(C(N)CS(=O)Cc2ccccc2)cc1. The smallest absolute Gasteiger partial charge is 0.118 e. The van der Waals surface area contributed by atoms with Gasteiger partial charge >= 0.3 is 0 Å². The largest absolute Gasteiger partial charge is 0.497 e. The molecule has 0 bridgehead atoms. The molecule has 3 nitrogen and oxygen atoms in total. The first-order valence-corrected chi connectivity index (χ1v) is 7.96. The first-order chi connectivity index (χ1) is 9.69. The molecule has 0 heterocycles. The second kappa shape index (κ2) is 7.22. The Bertz CT molecular complexity index is 554. The summed E-state index contributed by atoms with van der Waals surface area (Å²) in [6.45, 7) is 0. The van der Waals surface area contributed by atoms with Crippen molar-refractivity contribution in [1.82, 2.24) is 0 Å². The first-order valence-electron chi connectivity index (χ1n) is 6.47. The molecule has 2 rings (SSSR count). The fourth-order valence-electron chi connectivity index (χ4n) is 1.97. The van der Waals surface area contributed by atoms with Gasteiger partial charge in [0.15, 0.2) is 0 Å². The maximum atomic E-state index is 12.1. The fourth-order valence-corrected chi connectivity index (χ4v) is 3.24. The highest BCUT2D eigenvalue weighted by Gasteiger charge is 2.11. The Kier molecular flexibility index (Phi) is 5.32. The Morgan fingerprint density at radius 2 is 1.75 bits per heavy atom. The molecule has 2 unspecified atom stereocenters. The summed E-state index contributed by atoms with van der Waals surface area (Å²) in [6.07, 6.45) is 0. The summed E-state index contributed by atoms with van der Waals surface area (Å²) in [6, 6.07) is 17.2. The molecule has 0 aliphatic heterocycles. The molecule has 0 fully saturated rings. The van der Waals surface area contributed by atoms with Crippen LogP contribution in [0.1, 0.15) is 17.2 Å². The summed E-state index contributed by atoms with van der Waals surface area (Å²) in [4.78, 5) is 0. The molecule has 4 heteroatoms. The van der Waals surface area contributed by atoms with Crippen LogP contribution in [-0.2, 0) is 16.6 Å². The van der Waals surface area contributed by atoms with Gasteiger partial charge in [0, 0.05) is 28.3 Å². The van der Waals surface area contributed by atoms with E-state index in [1.165, 1.54) is 0 Å². The minimum Gasteiger partial charge on any atom is -0.497 e. The van der Waals surface area contributed by atoms with E-state index in [1.807, 2.05) is 54.6 Å². The van der Waals surface area contributed by atoms with Crippen molar-refractivity contribution in [2.45, 2.75) is 11.8 Å². The third-order valence-electron chi connectivity index (χ3n) is 3.08. The number of methoxy groups -OCH3 is 1. The predicted molar refractivity (Wildman–Crippen MR) is 83.1 cm³/mol. The number of rotatable bonds is 6. The third kappa shape index (κ3) is 4.18. The molecule has 0 saturated heterocycles. The van der Waals surface area contributed by atoms with Crippen molar-refractivity contribution in [3.8, 4) is 5.75 Å². The van der Waals surface area contributed by atoms with Crippen molar-refractivity contribution < 1.29 is 8.95 Å². The maximum absolute atomic E-state index is 12.1. The summed E-state index contributed by atoms with van der Waals surface area (Å²) < 4.78 is 17.2. The summed E-state index contributed by atoms with van der Waals surface area (Å²) >= 11 is 0. The Labute approximate surface area is 122 Å². The average Bonchev–Trinajstić information content (AvgIpc) is 2.48. The highest BCUT2D eigenvalue weighted by Crippen LogP contribution is 2.17. The van der Waals surface area contributed by atoms with Crippen LogP contribution in [-0.4, -0.2) is 17.1 Å². The predicted octanol–water partition coefficient (Wildman–Crippen LogP) is 2.64. The third-order valence-corrected chi connectivity index (χ3v) is 4.47. The van der Waals surface area contributed by atoms with Gasteiger partial charge in [-0.05, 0) is 23.3 Å². The van der Waals surface area contributed by atoms with E-state index in [9.17, 15) is 4.21 Å². The van der Waals surface area contributed by atoms with Crippen LogP contribution < -0.4 is 10.5 Å². The average molecular weight is 289 g/mol. The van der Waals surface area contributed by atoms with Gasteiger partial charge in [0.25, 0.3) is 0 Å². The highest BCUT2D eigenvalue weighted by molar-refractivity contribution is 7.84. The van der Waals surface area contributed by atoms with Gasteiger partial charge in [-0.15, -0.1) is 0 Å².